The van der Waals surface area contributed by atoms with E-state index < -0.39 is 6.02 Å². The zero-order valence-electron chi connectivity index (χ0n) is 25.1. The van der Waals surface area contributed by atoms with E-state index in [1.165, 1.54) is 12.1 Å². The Morgan fingerprint density at radius 3 is 2.55 bits per heavy atom. The lowest BCUT2D eigenvalue weighted by atomic mass is 9.95. The molecule has 1 aliphatic carbocycles. The topological polar surface area (TPSA) is 114 Å². The van der Waals surface area contributed by atoms with Gasteiger partial charge in [0.2, 0.25) is 0 Å². The van der Waals surface area contributed by atoms with Crippen molar-refractivity contribution in [2.45, 2.75) is 52.6 Å². The molecule has 1 aliphatic heterocycles. The number of nitriles is 1. The highest BCUT2D eigenvalue weighted by Crippen LogP contribution is 2.38. The second-order valence-corrected chi connectivity index (χ2v) is 11.9. The fourth-order valence-corrected chi connectivity index (χ4v) is 4.82. The van der Waals surface area contributed by atoms with Gasteiger partial charge in [0, 0.05) is 59.6 Å². The maximum atomic E-state index is 14.0. The first-order valence-electron chi connectivity index (χ1n) is 14.5. The van der Waals surface area contributed by atoms with Gasteiger partial charge in [-0.3, -0.25) is 9.99 Å². The quantitative estimate of drug-likeness (QED) is 0.206. The Bertz CT molecular complexity index is 1740. The second kappa shape index (κ2) is 10.9. The Hall–Kier alpha value is -4.75. The predicted octanol–water partition coefficient (Wildman–Crippen LogP) is 5.95. The van der Waals surface area contributed by atoms with Gasteiger partial charge in [0.15, 0.2) is 0 Å². The van der Waals surface area contributed by atoms with E-state index in [1.807, 2.05) is 30.3 Å². The number of fused-ring (bicyclic) bond motifs is 1. The third-order valence-corrected chi connectivity index (χ3v) is 7.18. The van der Waals surface area contributed by atoms with Crippen LogP contribution in [0.15, 0.2) is 66.9 Å². The highest BCUT2D eigenvalue weighted by atomic mass is 19.1. The standard InChI is InChI=1S/C32H34FN9/c1-19-35-15-22(16-36-19)26-11-24(12-27-29(38-18-32(2,3)4)21(13-34)14-37-31(26)27)39-30(20-5-7-23(33)8-6-20)28-17-42(41-40-28)25-9-10-25/h5-8,11-12,14-17,25,30,39-41H,9-10,18H2,1-4H3,(H,37,38)/i30D. The molecule has 214 valence electrons. The number of anilines is 2. The summed E-state index contributed by atoms with van der Waals surface area (Å²) in [7, 11) is 0. The van der Waals surface area contributed by atoms with Crippen molar-refractivity contribution >= 4 is 22.3 Å². The molecule has 2 aliphatic rings. The third kappa shape index (κ3) is 5.83. The molecule has 2 aromatic carbocycles. The predicted molar refractivity (Wildman–Crippen MR) is 162 cm³/mol. The summed E-state index contributed by atoms with van der Waals surface area (Å²) >= 11 is 0. The zero-order chi connectivity index (χ0) is 30.4. The summed E-state index contributed by atoms with van der Waals surface area (Å²) in [5.41, 5.74) is 11.2. The van der Waals surface area contributed by atoms with Crippen molar-refractivity contribution in [3.8, 4) is 17.2 Å². The lowest BCUT2D eigenvalue weighted by Crippen LogP contribution is -2.38. The van der Waals surface area contributed by atoms with Crippen molar-refractivity contribution < 1.29 is 5.76 Å². The van der Waals surface area contributed by atoms with Gasteiger partial charge in [0.1, 0.15) is 17.7 Å². The molecule has 0 bridgehead atoms. The van der Waals surface area contributed by atoms with Gasteiger partial charge in [-0.1, -0.05) is 32.9 Å². The summed E-state index contributed by atoms with van der Waals surface area (Å²) in [6, 6.07) is 10.9. The van der Waals surface area contributed by atoms with Crippen LogP contribution in [0.4, 0.5) is 15.8 Å². The van der Waals surface area contributed by atoms with E-state index >= 15 is 0 Å². The Morgan fingerprint density at radius 2 is 1.88 bits per heavy atom. The SMILES string of the molecule is [2H]C(Nc1cc(-c2cnc(C)nc2)c2ncc(C#N)c(NCC(C)(C)C)c2c1)(C1=CN(C2CC2)NN1)c1ccc(F)cc1. The summed E-state index contributed by atoms with van der Waals surface area (Å²) in [4.78, 5) is 13.5. The molecular formula is C32H34FN9. The summed E-state index contributed by atoms with van der Waals surface area (Å²) in [5.74, 6) is 0.261. The molecule has 2 aromatic heterocycles. The smallest absolute Gasteiger partial charge is 0.125 e. The minimum atomic E-state index is -1.53. The number of aromatic nitrogens is 3. The Kier molecular flexibility index (Phi) is 6.80. The number of nitrogens with zero attached hydrogens (tertiary/aromatic N) is 5. The molecule has 0 radical (unpaired) electrons. The lowest BCUT2D eigenvalue weighted by molar-refractivity contribution is 0.260. The number of hydrogen-bond acceptors (Lipinski definition) is 9. The summed E-state index contributed by atoms with van der Waals surface area (Å²) in [6.45, 7) is 8.81. The lowest BCUT2D eigenvalue weighted by Gasteiger charge is -2.24. The third-order valence-electron chi connectivity index (χ3n) is 7.18. The van der Waals surface area contributed by atoms with E-state index in [2.05, 4.69) is 58.4 Å². The molecule has 3 heterocycles. The number of nitrogens with one attached hydrogen (secondary N) is 4. The highest BCUT2D eigenvalue weighted by Gasteiger charge is 2.32. The van der Waals surface area contributed by atoms with Crippen molar-refractivity contribution in [1.29, 1.82) is 5.26 Å². The highest BCUT2D eigenvalue weighted by molar-refractivity contribution is 6.04. The summed E-state index contributed by atoms with van der Waals surface area (Å²) in [6.07, 6.45) is 9.10. The number of aryl methyl sites for hydroxylation is 1. The number of benzene rings is 2. The Balaban J connectivity index is 1.54. The van der Waals surface area contributed by atoms with Gasteiger partial charge >= 0.3 is 0 Å². The number of hydrazine groups is 2. The van der Waals surface area contributed by atoms with Crippen LogP contribution in [0.2, 0.25) is 0 Å². The first-order chi connectivity index (χ1) is 20.5. The Morgan fingerprint density at radius 1 is 1.14 bits per heavy atom. The Labute approximate surface area is 246 Å². The molecular weight excluding hydrogens is 529 g/mol. The van der Waals surface area contributed by atoms with E-state index in [-0.39, 0.29) is 11.2 Å². The van der Waals surface area contributed by atoms with Gasteiger partial charge in [-0.2, -0.15) is 5.26 Å². The van der Waals surface area contributed by atoms with Crippen molar-refractivity contribution in [3.05, 3.63) is 89.7 Å². The van der Waals surface area contributed by atoms with Crippen LogP contribution in [0.5, 0.6) is 0 Å². The fraction of sp³-hybridized carbons (Fsp3) is 0.312. The molecule has 1 unspecified atom stereocenters. The summed E-state index contributed by atoms with van der Waals surface area (Å²) < 4.78 is 23.8. The van der Waals surface area contributed by atoms with Crippen LogP contribution in [0.1, 0.15) is 58.0 Å². The second-order valence-electron chi connectivity index (χ2n) is 11.9. The van der Waals surface area contributed by atoms with E-state index in [4.69, 9.17) is 4.98 Å². The largest absolute Gasteiger partial charge is 0.383 e. The van der Waals surface area contributed by atoms with Gasteiger partial charge in [-0.15, -0.1) is 5.53 Å². The van der Waals surface area contributed by atoms with Crippen LogP contribution in [0.3, 0.4) is 0 Å². The van der Waals surface area contributed by atoms with Gasteiger partial charge in [-0.05, 0) is 55.0 Å². The number of pyridine rings is 1. The molecule has 4 aromatic rings. The average molecular weight is 565 g/mol. The molecule has 10 heteroatoms. The minimum absolute atomic E-state index is 0.0498. The number of hydrogen-bond donors (Lipinski definition) is 4. The molecule has 1 saturated carbocycles. The first kappa shape index (κ1) is 26.2. The van der Waals surface area contributed by atoms with Crippen molar-refractivity contribution in [1.82, 2.24) is 30.9 Å². The average Bonchev–Trinajstić information content (AvgIpc) is 3.71. The molecule has 0 saturated heterocycles. The van der Waals surface area contributed by atoms with E-state index in [0.29, 0.717) is 52.1 Å². The molecule has 1 atom stereocenters. The normalized spacial score (nSPS) is 16.7. The molecule has 0 spiro atoms. The molecule has 4 N–H and O–H groups in total. The van der Waals surface area contributed by atoms with E-state index in [1.54, 1.807) is 30.7 Å². The minimum Gasteiger partial charge on any atom is -0.383 e. The van der Waals surface area contributed by atoms with Crippen LogP contribution in [-0.2, 0) is 0 Å². The van der Waals surface area contributed by atoms with Crippen molar-refractivity contribution in [2.75, 3.05) is 17.2 Å². The molecule has 1 fully saturated rings. The molecule has 42 heavy (non-hydrogen) atoms. The summed E-state index contributed by atoms with van der Waals surface area (Å²) in [5, 5.41) is 19.6. The first-order valence-corrected chi connectivity index (χ1v) is 14.0. The van der Waals surface area contributed by atoms with Gasteiger partial charge in [0.05, 0.1) is 29.9 Å². The number of rotatable bonds is 8. The van der Waals surface area contributed by atoms with Gasteiger partial charge < -0.3 is 16.1 Å². The zero-order valence-corrected chi connectivity index (χ0v) is 24.1. The van der Waals surface area contributed by atoms with Crippen molar-refractivity contribution in [3.63, 3.8) is 0 Å². The molecule has 9 nitrogen and oxygen atoms in total. The maximum Gasteiger partial charge on any atom is 0.125 e. The monoisotopic (exact) mass is 564 g/mol. The van der Waals surface area contributed by atoms with Crippen LogP contribution in [0, 0.1) is 29.5 Å². The maximum absolute atomic E-state index is 14.0. The van der Waals surface area contributed by atoms with E-state index in [9.17, 15) is 11.0 Å². The van der Waals surface area contributed by atoms with Crippen LogP contribution >= 0.6 is 0 Å². The van der Waals surface area contributed by atoms with E-state index in [0.717, 1.165) is 29.4 Å². The molecule has 0 amide bonds. The van der Waals surface area contributed by atoms with Gasteiger partial charge in [-0.25, -0.2) is 14.4 Å². The molecule has 6 rings (SSSR count). The van der Waals surface area contributed by atoms with Crippen LogP contribution < -0.4 is 21.6 Å². The fourth-order valence-electron chi connectivity index (χ4n) is 4.82. The van der Waals surface area contributed by atoms with Crippen molar-refractivity contribution in [2.24, 2.45) is 5.41 Å². The van der Waals surface area contributed by atoms with Crippen LogP contribution in [0.25, 0.3) is 22.0 Å². The number of halogens is 1. The van der Waals surface area contributed by atoms with Crippen LogP contribution in [-0.4, -0.2) is 32.5 Å². The van der Waals surface area contributed by atoms with Gasteiger partial charge in [0.25, 0.3) is 0 Å².